The van der Waals surface area contributed by atoms with Crippen molar-refractivity contribution in [3.63, 3.8) is 0 Å². The van der Waals surface area contributed by atoms with Gasteiger partial charge in [0.2, 0.25) is 0 Å². The molecule has 0 fully saturated rings. The number of fused-ring (bicyclic) bond motifs is 1. The predicted octanol–water partition coefficient (Wildman–Crippen LogP) is 1.39. The third-order valence-corrected chi connectivity index (χ3v) is 2.97. The van der Waals surface area contributed by atoms with Gasteiger partial charge in [0.05, 0.1) is 13.7 Å². The van der Waals surface area contributed by atoms with Gasteiger partial charge < -0.3 is 15.2 Å². The molecule has 21 heavy (non-hydrogen) atoms. The number of carbonyl (C=O) groups is 2. The molecular formula is C16H19NO4. The molecule has 0 saturated heterocycles. The first-order valence-electron chi connectivity index (χ1n) is 6.46. The molecule has 1 atom stereocenters. The van der Waals surface area contributed by atoms with E-state index in [0.29, 0.717) is 0 Å². The van der Waals surface area contributed by atoms with Crippen LogP contribution in [-0.4, -0.2) is 44.2 Å². The lowest BCUT2D eigenvalue weighted by molar-refractivity contribution is -0.143. The summed E-state index contributed by atoms with van der Waals surface area (Å²) in [6.45, 7) is -0.233. The molecule has 0 amide bonds. The molecule has 2 rings (SSSR count). The van der Waals surface area contributed by atoms with Crippen LogP contribution in [0.3, 0.4) is 0 Å². The molecule has 0 bridgehead atoms. The number of hydrogen-bond acceptors (Lipinski definition) is 5. The van der Waals surface area contributed by atoms with Crippen LogP contribution in [0, 0.1) is 0 Å². The topological polar surface area (TPSA) is 75.6 Å². The Morgan fingerprint density at radius 3 is 2.48 bits per heavy atom. The third-order valence-electron chi connectivity index (χ3n) is 2.97. The number of hydrogen-bond donors (Lipinski definition) is 2. The summed E-state index contributed by atoms with van der Waals surface area (Å²) >= 11 is 0. The maximum Gasteiger partial charge on any atom is 0.325 e. The zero-order valence-corrected chi connectivity index (χ0v) is 12.1. The van der Waals surface area contributed by atoms with Crippen molar-refractivity contribution in [2.75, 3.05) is 20.8 Å². The molecule has 2 aromatic rings. The molecule has 0 aliphatic carbocycles. The van der Waals surface area contributed by atoms with E-state index in [2.05, 4.69) is 10.1 Å². The van der Waals surface area contributed by atoms with Crippen LogP contribution in [0.25, 0.3) is 10.8 Å². The van der Waals surface area contributed by atoms with Crippen LogP contribution in [0.4, 0.5) is 0 Å². The van der Waals surface area contributed by atoms with Gasteiger partial charge in [0, 0.05) is 5.56 Å². The van der Waals surface area contributed by atoms with Crippen molar-refractivity contribution in [2.45, 2.75) is 6.04 Å². The second-order valence-corrected chi connectivity index (χ2v) is 4.23. The maximum absolute atomic E-state index is 10.6. The maximum atomic E-state index is 10.6. The van der Waals surface area contributed by atoms with Gasteiger partial charge in [-0.3, -0.25) is 9.59 Å². The molecule has 0 unspecified atom stereocenters. The van der Waals surface area contributed by atoms with Crippen LogP contribution in [0.15, 0.2) is 42.5 Å². The first-order valence-corrected chi connectivity index (χ1v) is 6.46. The highest BCUT2D eigenvalue weighted by Crippen LogP contribution is 2.16. The van der Waals surface area contributed by atoms with Crippen molar-refractivity contribution < 1.29 is 19.4 Å². The Kier molecular flexibility index (Phi) is 7.08. The Labute approximate surface area is 123 Å². The summed E-state index contributed by atoms with van der Waals surface area (Å²) in [6.07, 6.45) is 0.891. The van der Waals surface area contributed by atoms with E-state index in [0.717, 1.165) is 22.6 Å². The normalized spacial score (nSPS) is 11.2. The largest absolute Gasteiger partial charge is 0.468 e. The van der Waals surface area contributed by atoms with Gasteiger partial charge in [-0.15, -0.1) is 0 Å². The number of carbonyl (C=O) groups excluding carboxylic acids is 2. The molecule has 0 radical (unpaired) electrons. The minimum atomic E-state index is -0.588. The smallest absolute Gasteiger partial charge is 0.325 e. The van der Waals surface area contributed by atoms with Gasteiger partial charge in [-0.2, -0.15) is 0 Å². The molecular weight excluding hydrogens is 270 g/mol. The van der Waals surface area contributed by atoms with Crippen molar-refractivity contribution in [3.05, 3.63) is 48.0 Å². The fraction of sp³-hybridized carbons (Fsp3) is 0.250. The highest BCUT2D eigenvalue weighted by molar-refractivity contribution is 5.97. The van der Waals surface area contributed by atoms with Crippen molar-refractivity contribution in [1.29, 1.82) is 0 Å². The fourth-order valence-electron chi connectivity index (χ4n) is 1.78. The van der Waals surface area contributed by atoms with E-state index in [-0.39, 0.29) is 6.61 Å². The van der Waals surface area contributed by atoms with E-state index < -0.39 is 12.0 Å². The van der Waals surface area contributed by atoms with Crippen LogP contribution in [0.1, 0.15) is 10.4 Å². The van der Waals surface area contributed by atoms with Crippen LogP contribution < -0.4 is 5.32 Å². The van der Waals surface area contributed by atoms with Crippen LogP contribution in [-0.2, 0) is 9.53 Å². The first kappa shape index (κ1) is 16.8. The van der Waals surface area contributed by atoms with Gasteiger partial charge in [0.1, 0.15) is 6.04 Å². The number of aliphatic hydroxyl groups is 1. The molecule has 2 N–H and O–H groups in total. The third kappa shape index (κ3) is 4.66. The van der Waals surface area contributed by atoms with E-state index in [9.17, 15) is 9.59 Å². The highest BCUT2D eigenvalue weighted by Gasteiger charge is 2.13. The summed E-state index contributed by atoms with van der Waals surface area (Å²) in [4.78, 5) is 21.1. The Hall–Kier alpha value is -2.24. The SMILES string of the molecule is CN[C@@H](CO)C(=O)OC.O=Cc1cccc2ccccc12. The second kappa shape index (κ2) is 8.84. The number of esters is 1. The number of likely N-dealkylation sites (N-methyl/N-ethyl adjacent to an activating group) is 1. The second-order valence-electron chi connectivity index (χ2n) is 4.23. The standard InChI is InChI=1S/C11H8O.C5H11NO3/c12-8-10-6-3-5-9-4-1-2-7-11(9)10;1-6-4(3-7)5(8)9-2/h1-8H;4,6-7H,3H2,1-2H3/t;4-/m.0/s1. The monoisotopic (exact) mass is 289 g/mol. The summed E-state index contributed by atoms with van der Waals surface area (Å²) in [5, 5.41) is 13.2. The Morgan fingerprint density at radius 1 is 1.29 bits per heavy atom. The van der Waals surface area contributed by atoms with Gasteiger partial charge in [0.25, 0.3) is 0 Å². The average molecular weight is 289 g/mol. The summed E-state index contributed by atoms with van der Waals surface area (Å²) in [6, 6.07) is 13.0. The van der Waals surface area contributed by atoms with Gasteiger partial charge in [0.15, 0.2) is 6.29 Å². The number of aldehydes is 1. The van der Waals surface area contributed by atoms with Crippen molar-refractivity contribution in [2.24, 2.45) is 0 Å². The molecule has 0 saturated carbocycles. The van der Waals surface area contributed by atoms with Crippen molar-refractivity contribution in [3.8, 4) is 0 Å². The molecule has 0 aromatic heterocycles. The van der Waals surface area contributed by atoms with E-state index >= 15 is 0 Å². The fourth-order valence-corrected chi connectivity index (χ4v) is 1.78. The summed E-state index contributed by atoms with van der Waals surface area (Å²) in [5.74, 6) is -0.444. The highest BCUT2D eigenvalue weighted by atomic mass is 16.5. The summed E-state index contributed by atoms with van der Waals surface area (Å²) in [7, 11) is 2.86. The molecule has 5 nitrogen and oxygen atoms in total. The zero-order chi connectivity index (χ0) is 15.7. The van der Waals surface area contributed by atoms with Crippen molar-refractivity contribution in [1.82, 2.24) is 5.32 Å². The summed E-state index contributed by atoms with van der Waals surface area (Å²) in [5.41, 5.74) is 0.758. The Bertz CT molecular complexity index is 588. The van der Waals surface area contributed by atoms with Gasteiger partial charge in [-0.1, -0.05) is 42.5 Å². The number of aliphatic hydroxyl groups excluding tert-OH is 1. The number of nitrogens with one attached hydrogen (secondary N) is 1. The molecule has 5 heteroatoms. The molecule has 2 aromatic carbocycles. The van der Waals surface area contributed by atoms with Gasteiger partial charge >= 0.3 is 5.97 Å². The van der Waals surface area contributed by atoms with E-state index in [4.69, 9.17) is 5.11 Å². The molecule has 0 spiro atoms. The molecule has 112 valence electrons. The van der Waals surface area contributed by atoms with Crippen LogP contribution in [0.2, 0.25) is 0 Å². The van der Waals surface area contributed by atoms with Crippen molar-refractivity contribution >= 4 is 23.0 Å². The average Bonchev–Trinajstić information content (AvgIpc) is 2.55. The Morgan fingerprint density at radius 2 is 1.95 bits per heavy atom. The van der Waals surface area contributed by atoms with E-state index in [1.165, 1.54) is 7.11 Å². The zero-order valence-electron chi connectivity index (χ0n) is 12.1. The van der Waals surface area contributed by atoms with Gasteiger partial charge in [-0.05, 0) is 17.8 Å². The van der Waals surface area contributed by atoms with Crippen LogP contribution in [0.5, 0.6) is 0 Å². The Balaban J connectivity index is 0.000000222. The number of benzene rings is 2. The molecule has 0 heterocycles. The molecule has 0 aliphatic heterocycles. The predicted molar refractivity (Wildman–Crippen MR) is 81.3 cm³/mol. The van der Waals surface area contributed by atoms with Crippen LogP contribution >= 0.6 is 0 Å². The van der Waals surface area contributed by atoms with E-state index in [1.54, 1.807) is 7.05 Å². The number of rotatable bonds is 4. The summed E-state index contributed by atoms with van der Waals surface area (Å²) < 4.78 is 4.33. The minimum absolute atomic E-state index is 0.233. The first-order chi connectivity index (χ1) is 10.2. The minimum Gasteiger partial charge on any atom is -0.468 e. The van der Waals surface area contributed by atoms with E-state index in [1.807, 2.05) is 42.5 Å². The number of ether oxygens (including phenoxy) is 1. The lowest BCUT2D eigenvalue weighted by Gasteiger charge is -2.08. The molecule has 0 aliphatic rings. The number of methoxy groups -OCH3 is 1. The lowest BCUT2D eigenvalue weighted by Crippen LogP contribution is -2.37. The van der Waals surface area contributed by atoms with Gasteiger partial charge in [-0.25, -0.2) is 0 Å². The quantitative estimate of drug-likeness (QED) is 0.657. The lowest BCUT2D eigenvalue weighted by atomic mass is 10.1.